The normalized spacial score (nSPS) is 19.7. The number of carbonyl (C=O) groups is 1. The molecular formula is C14H19FN2O. The van der Waals surface area contributed by atoms with Gasteiger partial charge in [-0.25, -0.2) is 4.39 Å². The summed E-state index contributed by atoms with van der Waals surface area (Å²) in [6.07, 6.45) is 1.86. The standard InChI is InChI=1S/C14H19FN2O/c1-10(17-8-6-13(16)7-9-17)14(18)11-2-4-12(15)5-3-11/h2-5,10,13H,6-9,16H2,1H3. The number of carbonyl (C=O) groups excluding carboxylic acids is 1. The zero-order chi connectivity index (χ0) is 13.1. The Hall–Kier alpha value is -1.26. The average molecular weight is 250 g/mol. The molecule has 2 rings (SSSR count). The van der Waals surface area contributed by atoms with E-state index in [1.54, 1.807) is 12.1 Å². The van der Waals surface area contributed by atoms with Crippen molar-refractivity contribution in [2.24, 2.45) is 5.73 Å². The van der Waals surface area contributed by atoms with Crippen molar-refractivity contribution >= 4 is 5.78 Å². The molecule has 1 saturated heterocycles. The molecule has 0 aliphatic carbocycles. The van der Waals surface area contributed by atoms with Gasteiger partial charge < -0.3 is 5.73 Å². The average Bonchev–Trinajstić information content (AvgIpc) is 2.39. The third-order valence-electron chi connectivity index (χ3n) is 3.63. The Bertz CT molecular complexity index is 410. The first-order chi connectivity index (χ1) is 8.58. The molecule has 98 valence electrons. The number of piperidine rings is 1. The van der Waals surface area contributed by atoms with E-state index in [0.29, 0.717) is 5.56 Å². The van der Waals surface area contributed by atoms with Crippen LogP contribution in [0.25, 0.3) is 0 Å². The number of halogens is 1. The predicted octanol–water partition coefficient (Wildman–Crippen LogP) is 1.82. The minimum atomic E-state index is -0.317. The molecule has 0 bridgehead atoms. The van der Waals surface area contributed by atoms with Crippen molar-refractivity contribution in [3.63, 3.8) is 0 Å². The lowest BCUT2D eigenvalue weighted by Gasteiger charge is -2.34. The van der Waals surface area contributed by atoms with Gasteiger partial charge in [-0.05, 0) is 44.0 Å². The fraction of sp³-hybridized carbons (Fsp3) is 0.500. The van der Waals surface area contributed by atoms with Crippen molar-refractivity contribution in [2.45, 2.75) is 31.8 Å². The van der Waals surface area contributed by atoms with E-state index in [9.17, 15) is 9.18 Å². The number of ketones is 1. The molecule has 0 amide bonds. The summed E-state index contributed by atoms with van der Waals surface area (Å²) in [6, 6.07) is 5.84. The molecule has 1 heterocycles. The Morgan fingerprint density at radius 3 is 2.44 bits per heavy atom. The van der Waals surface area contributed by atoms with Gasteiger partial charge in [0.15, 0.2) is 5.78 Å². The lowest BCUT2D eigenvalue weighted by Crippen LogP contribution is -2.46. The van der Waals surface area contributed by atoms with Crippen LogP contribution < -0.4 is 5.73 Å². The summed E-state index contributed by atoms with van der Waals surface area (Å²) in [7, 11) is 0. The van der Waals surface area contributed by atoms with Gasteiger partial charge >= 0.3 is 0 Å². The summed E-state index contributed by atoms with van der Waals surface area (Å²) in [5.41, 5.74) is 6.42. The first kappa shape index (κ1) is 13.2. The Morgan fingerprint density at radius 1 is 1.33 bits per heavy atom. The largest absolute Gasteiger partial charge is 0.328 e. The molecule has 1 fully saturated rings. The molecule has 1 aliphatic heterocycles. The van der Waals surface area contributed by atoms with E-state index in [2.05, 4.69) is 4.90 Å². The number of hydrogen-bond acceptors (Lipinski definition) is 3. The highest BCUT2D eigenvalue weighted by atomic mass is 19.1. The minimum absolute atomic E-state index is 0.0467. The van der Waals surface area contributed by atoms with Crippen LogP contribution in [0.4, 0.5) is 4.39 Å². The van der Waals surface area contributed by atoms with Gasteiger partial charge in [0.25, 0.3) is 0 Å². The maximum Gasteiger partial charge on any atom is 0.179 e. The molecule has 0 saturated carbocycles. The second-order valence-corrected chi connectivity index (χ2v) is 4.92. The molecule has 18 heavy (non-hydrogen) atoms. The van der Waals surface area contributed by atoms with Gasteiger partial charge in [-0.1, -0.05) is 0 Å². The minimum Gasteiger partial charge on any atom is -0.328 e. The molecule has 1 aromatic rings. The number of Topliss-reactive ketones (excluding diaryl/α,β-unsaturated/α-hetero) is 1. The molecular weight excluding hydrogens is 231 g/mol. The van der Waals surface area contributed by atoms with Crippen LogP contribution in [-0.4, -0.2) is 35.9 Å². The number of likely N-dealkylation sites (tertiary alicyclic amines) is 1. The van der Waals surface area contributed by atoms with Crippen molar-refractivity contribution in [1.29, 1.82) is 0 Å². The highest BCUT2D eigenvalue weighted by Gasteiger charge is 2.25. The van der Waals surface area contributed by atoms with Crippen molar-refractivity contribution < 1.29 is 9.18 Å². The van der Waals surface area contributed by atoms with E-state index in [-0.39, 0.29) is 23.7 Å². The summed E-state index contributed by atoms with van der Waals surface area (Å²) in [5, 5.41) is 0. The Labute approximate surface area is 107 Å². The molecule has 1 atom stereocenters. The Morgan fingerprint density at radius 2 is 1.89 bits per heavy atom. The number of nitrogens with two attached hydrogens (primary N) is 1. The van der Waals surface area contributed by atoms with Gasteiger partial charge in [-0.2, -0.15) is 0 Å². The maximum absolute atomic E-state index is 12.8. The Balaban J connectivity index is 2.02. The Kier molecular flexibility index (Phi) is 4.09. The van der Waals surface area contributed by atoms with Gasteiger partial charge in [0, 0.05) is 24.7 Å². The van der Waals surface area contributed by atoms with Crippen LogP contribution >= 0.6 is 0 Å². The number of rotatable bonds is 3. The fourth-order valence-corrected chi connectivity index (χ4v) is 2.33. The molecule has 1 aromatic carbocycles. The lowest BCUT2D eigenvalue weighted by molar-refractivity contribution is 0.0798. The van der Waals surface area contributed by atoms with Crippen molar-refractivity contribution in [3.05, 3.63) is 35.6 Å². The summed E-state index contributed by atoms with van der Waals surface area (Å²) < 4.78 is 12.8. The van der Waals surface area contributed by atoms with Gasteiger partial charge in [0.05, 0.1) is 6.04 Å². The van der Waals surface area contributed by atoms with E-state index in [1.807, 2.05) is 6.92 Å². The molecule has 0 aromatic heterocycles. The second-order valence-electron chi connectivity index (χ2n) is 4.92. The quantitative estimate of drug-likeness (QED) is 0.832. The van der Waals surface area contributed by atoms with Crippen LogP contribution in [0, 0.1) is 5.82 Å². The summed E-state index contributed by atoms with van der Waals surface area (Å²) >= 11 is 0. The van der Waals surface area contributed by atoms with E-state index < -0.39 is 0 Å². The highest BCUT2D eigenvalue weighted by molar-refractivity contribution is 5.99. The molecule has 2 N–H and O–H groups in total. The van der Waals surface area contributed by atoms with Crippen LogP contribution in [0.3, 0.4) is 0 Å². The van der Waals surface area contributed by atoms with Crippen LogP contribution in [0.1, 0.15) is 30.1 Å². The lowest BCUT2D eigenvalue weighted by atomic mass is 10.00. The third kappa shape index (κ3) is 2.94. The van der Waals surface area contributed by atoms with E-state index in [0.717, 1.165) is 25.9 Å². The molecule has 3 nitrogen and oxygen atoms in total. The monoisotopic (exact) mass is 250 g/mol. The van der Waals surface area contributed by atoms with Crippen molar-refractivity contribution in [1.82, 2.24) is 4.90 Å². The van der Waals surface area contributed by atoms with Crippen LogP contribution in [-0.2, 0) is 0 Å². The van der Waals surface area contributed by atoms with Crippen LogP contribution in [0.2, 0.25) is 0 Å². The van der Waals surface area contributed by atoms with E-state index >= 15 is 0 Å². The van der Waals surface area contributed by atoms with Gasteiger partial charge in [-0.3, -0.25) is 9.69 Å². The SMILES string of the molecule is CC(C(=O)c1ccc(F)cc1)N1CCC(N)CC1. The topological polar surface area (TPSA) is 46.3 Å². The molecule has 4 heteroatoms. The van der Waals surface area contributed by atoms with Crippen molar-refractivity contribution in [3.8, 4) is 0 Å². The second kappa shape index (κ2) is 5.59. The number of nitrogens with zero attached hydrogens (tertiary/aromatic N) is 1. The van der Waals surface area contributed by atoms with Gasteiger partial charge in [-0.15, -0.1) is 0 Å². The first-order valence-electron chi connectivity index (χ1n) is 6.37. The zero-order valence-electron chi connectivity index (χ0n) is 10.6. The van der Waals surface area contributed by atoms with Crippen LogP contribution in [0.15, 0.2) is 24.3 Å². The number of benzene rings is 1. The maximum atomic E-state index is 12.8. The first-order valence-corrected chi connectivity index (χ1v) is 6.37. The number of hydrogen-bond donors (Lipinski definition) is 1. The van der Waals surface area contributed by atoms with E-state index in [1.165, 1.54) is 12.1 Å². The smallest absolute Gasteiger partial charge is 0.179 e. The van der Waals surface area contributed by atoms with E-state index in [4.69, 9.17) is 5.73 Å². The molecule has 1 unspecified atom stereocenters. The van der Waals surface area contributed by atoms with Gasteiger partial charge in [0.2, 0.25) is 0 Å². The fourth-order valence-electron chi connectivity index (χ4n) is 2.33. The summed E-state index contributed by atoms with van der Waals surface area (Å²) in [5.74, 6) is -0.270. The third-order valence-corrected chi connectivity index (χ3v) is 3.63. The predicted molar refractivity (Wildman–Crippen MR) is 69.0 cm³/mol. The van der Waals surface area contributed by atoms with Crippen LogP contribution in [0.5, 0.6) is 0 Å². The molecule has 0 radical (unpaired) electrons. The van der Waals surface area contributed by atoms with Gasteiger partial charge in [0.1, 0.15) is 5.82 Å². The molecule has 0 spiro atoms. The zero-order valence-corrected chi connectivity index (χ0v) is 10.6. The summed E-state index contributed by atoms with van der Waals surface area (Å²) in [4.78, 5) is 14.4. The molecule has 1 aliphatic rings. The summed E-state index contributed by atoms with van der Waals surface area (Å²) in [6.45, 7) is 3.62. The van der Waals surface area contributed by atoms with Crippen molar-refractivity contribution in [2.75, 3.05) is 13.1 Å². The highest BCUT2D eigenvalue weighted by Crippen LogP contribution is 2.15.